The molecule has 0 spiro atoms. The van der Waals surface area contributed by atoms with Crippen molar-refractivity contribution in [2.45, 2.75) is 51.5 Å². The Morgan fingerprint density at radius 1 is 1.27 bits per heavy atom. The van der Waals surface area contributed by atoms with Crippen LogP contribution in [0.5, 0.6) is 5.75 Å². The van der Waals surface area contributed by atoms with Gasteiger partial charge in [-0.05, 0) is 55.6 Å². The van der Waals surface area contributed by atoms with Gasteiger partial charge in [0, 0.05) is 24.4 Å². The Bertz CT molecular complexity index is 782. The third-order valence-corrected chi connectivity index (χ3v) is 5.71. The van der Waals surface area contributed by atoms with Gasteiger partial charge in [0.05, 0.1) is 6.61 Å². The molecule has 2 N–H and O–H groups in total. The maximum atomic E-state index is 13.3. The number of nitrogens with zero attached hydrogens (tertiary/aromatic N) is 2. The van der Waals surface area contributed by atoms with E-state index in [4.69, 9.17) is 4.74 Å². The van der Waals surface area contributed by atoms with Gasteiger partial charge in [-0.3, -0.25) is 9.48 Å². The molecule has 1 saturated heterocycles. The topological polar surface area (TPSA) is 68.2 Å². The molecule has 0 radical (unpaired) electrons. The van der Waals surface area contributed by atoms with Gasteiger partial charge in [-0.2, -0.15) is 5.10 Å². The molecule has 0 unspecified atom stereocenters. The Morgan fingerprint density at radius 3 is 2.50 bits per heavy atom. The lowest BCUT2D eigenvalue weighted by atomic mass is 9.83. The summed E-state index contributed by atoms with van der Waals surface area (Å²) in [5.41, 5.74) is 0.372. The number of amides is 1. The van der Waals surface area contributed by atoms with Crippen molar-refractivity contribution in [3.8, 4) is 5.75 Å². The second-order valence-corrected chi connectivity index (χ2v) is 9.03. The van der Waals surface area contributed by atoms with Crippen molar-refractivity contribution in [3.05, 3.63) is 48.3 Å². The third kappa shape index (κ3) is 5.55. The van der Waals surface area contributed by atoms with Crippen molar-refractivity contribution < 1.29 is 9.53 Å². The summed E-state index contributed by atoms with van der Waals surface area (Å²) >= 11 is 0. The molecule has 0 bridgehead atoms. The van der Waals surface area contributed by atoms with Crippen molar-refractivity contribution >= 4 is 18.3 Å². The van der Waals surface area contributed by atoms with Gasteiger partial charge in [0.25, 0.3) is 0 Å². The second-order valence-electron chi connectivity index (χ2n) is 9.03. The molecule has 166 valence electrons. The number of carbonyl (C=O) groups excluding carboxylic acids is 1. The molecule has 6 nitrogen and oxygen atoms in total. The van der Waals surface area contributed by atoms with Gasteiger partial charge < -0.3 is 15.4 Å². The zero-order valence-corrected chi connectivity index (χ0v) is 19.3. The summed E-state index contributed by atoms with van der Waals surface area (Å²) in [6.45, 7) is 11.5. The third-order valence-electron chi connectivity index (χ3n) is 5.71. The summed E-state index contributed by atoms with van der Waals surface area (Å²) in [6, 6.07) is 10.1. The zero-order chi connectivity index (χ0) is 20.9. The van der Waals surface area contributed by atoms with Crippen LogP contribution in [0.15, 0.2) is 42.7 Å². The molecular weight excluding hydrogens is 400 g/mol. The molecule has 3 rings (SSSR count). The first-order valence-corrected chi connectivity index (χ1v) is 10.6. The summed E-state index contributed by atoms with van der Waals surface area (Å²) in [5, 5.41) is 10.9. The predicted molar refractivity (Wildman–Crippen MR) is 122 cm³/mol. The molecule has 30 heavy (non-hydrogen) atoms. The van der Waals surface area contributed by atoms with E-state index in [1.807, 2.05) is 29.1 Å². The number of piperidine rings is 1. The lowest BCUT2D eigenvalue weighted by Crippen LogP contribution is -2.56. The minimum Gasteiger partial charge on any atom is -0.493 e. The summed E-state index contributed by atoms with van der Waals surface area (Å²) in [7, 11) is 0. The van der Waals surface area contributed by atoms with E-state index in [1.165, 1.54) is 5.56 Å². The summed E-state index contributed by atoms with van der Waals surface area (Å²) in [6.07, 6.45) is 5.11. The van der Waals surface area contributed by atoms with E-state index in [-0.39, 0.29) is 23.7 Å². The summed E-state index contributed by atoms with van der Waals surface area (Å²) in [5.74, 6) is 1.43. The Morgan fingerprint density at radius 2 is 1.93 bits per heavy atom. The van der Waals surface area contributed by atoms with Crippen molar-refractivity contribution in [2.75, 3.05) is 26.2 Å². The zero-order valence-electron chi connectivity index (χ0n) is 18.5. The van der Waals surface area contributed by atoms with Crippen LogP contribution in [0.25, 0.3) is 0 Å². The number of hydrogen-bond acceptors (Lipinski definition) is 4. The largest absolute Gasteiger partial charge is 0.493 e. The Balaban J connectivity index is 0.00000320. The van der Waals surface area contributed by atoms with E-state index in [0.29, 0.717) is 19.1 Å². The smallest absolute Gasteiger partial charge is 0.248 e. The quantitative estimate of drug-likeness (QED) is 0.667. The first kappa shape index (κ1) is 24.2. The highest BCUT2D eigenvalue weighted by molar-refractivity contribution is 5.85. The fourth-order valence-electron chi connectivity index (χ4n) is 3.76. The number of hydrogen-bond donors (Lipinski definition) is 2. The molecule has 0 saturated carbocycles. The van der Waals surface area contributed by atoms with Crippen molar-refractivity contribution in [1.29, 1.82) is 0 Å². The van der Waals surface area contributed by atoms with Crippen LogP contribution in [0.3, 0.4) is 0 Å². The van der Waals surface area contributed by atoms with E-state index < -0.39 is 5.54 Å². The Hall–Kier alpha value is -2.05. The molecule has 1 amide bonds. The van der Waals surface area contributed by atoms with E-state index >= 15 is 0 Å². The molecule has 1 aliphatic rings. The SMILES string of the molecule is CC(C)COc1ccc(C(C)(C)CNC(=O)C2(n3cccn3)CCNCC2)cc1.Cl. The highest BCUT2D eigenvalue weighted by atomic mass is 35.5. The minimum absolute atomic E-state index is 0. The first-order chi connectivity index (χ1) is 13.8. The Kier molecular flexibility index (Phi) is 8.33. The highest BCUT2D eigenvalue weighted by Crippen LogP contribution is 2.29. The van der Waals surface area contributed by atoms with Gasteiger partial charge in [-0.25, -0.2) is 0 Å². The molecule has 0 aliphatic carbocycles. The molecule has 1 aromatic carbocycles. The molecular formula is C23H35ClN4O2. The predicted octanol–water partition coefficient (Wildman–Crippen LogP) is 3.51. The average Bonchev–Trinajstić information content (AvgIpc) is 3.27. The van der Waals surface area contributed by atoms with Crippen LogP contribution in [0.1, 0.15) is 46.1 Å². The number of ether oxygens (including phenoxy) is 1. The fourth-order valence-corrected chi connectivity index (χ4v) is 3.76. The molecule has 7 heteroatoms. The second kappa shape index (κ2) is 10.3. The Labute approximate surface area is 186 Å². The van der Waals surface area contributed by atoms with Gasteiger partial charge in [0.1, 0.15) is 11.3 Å². The normalized spacial score (nSPS) is 16.0. The van der Waals surface area contributed by atoms with Gasteiger partial charge in [0.2, 0.25) is 5.91 Å². The van der Waals surface area contributed by atoms with Crippen molar-refractivity contribution in [2.24, 2.45) is 5.92 Å². The lowest BCUT2D eigenvalue weighted by molar-refractivity contribution is -0.132. The summed E-state index contributed by atoms with van der Waals surface area (Å²) in [4.78, 5) is 13.3. The number of carbonyl (C=O) groups is 1. The maximum absolute atomic E-state index is 13.3. The van der Waals surface area contributed by atoms with E-state index in [0.717, 1.165) is 31.7 Å². The molecule has 2 aromatic rings. The first-order valence-electron chi connectivity index (χ1n) is 10.6. The fraction of sp³-hybridized carbons (Fsp3) is 0.565. The molecule has 1 aromatic heterocycles. The van der Waals surface area contributed by atoms with E-state index in [1.54, 1.807) is 6.20 Å². The van der Waals surface area contributed by atoms with E-state index in [9.17, 15) is 4.79 Å². The monoisotopic (exact) mass is 434 g/mol. The molecule has 0 atom stereocenters. The van der Waals surface area contributed by atoms with Crippen LogP contribution in [0.2, 0.25) is 0 Å². The van der Waals surface area contributed by atoms with E-state index in [2.05, 4.69) is 55.6 Å². The molecule has 1 aliphatic heterocycles. The van der Waals surface area contributed by atoms with Crippen LogP contribution in [0.4, 0.5) is 0 Å². The number of benzene rings is 1. The van der Waals surface area contributed by atoms with Crippen LogP contribution in [-0.2, 0) is 15.7 Å². The standard InChI is InChI=1S/C23H34N4O2.ClH/c1-18(2)16-29-20-8-6-19(7-9-20)22(3,4)17-25-21(28)23(10-13-24-14-11-23)27-15-5-12-26-27;/h5-9,12,15,18,24H,10-11,13-14,16-17H2,1-4H3,(H,25,28);1H. The van der Waals surface area contributed by atoms with Crippen molar-refractivity contribution in [1.82, 2.24) is 20.4 Å². The van der Waals surface area contributed by atoms with Crippen molar-refractivity contribution in [3.63, 3.8) is 0 Å². The number of aromatic nitrogens is 2. The van der Waals surface area contributed by atoms with Crippen LogP contribution in [0, 0.1) is 5.92 Å². The molecule has 2 heterocycles. The van der Waals surface area contributed by atoms with Crippen LogP contribution < -0.4 is 15.4 Å². The van der Waals surface area contributed by atoms with Gasteiger partial charge in [0.15, 0.2) is 0 Å². The lowest BCUT2D eigenvalue weighted by Gasteiger charge is -2.37. The summed E-state index contributed by atoms with van der Waals surface area (Å²) < 4.78 is 7.61. The maximum Gasteiger partial charge on any atom is 0.248 e. The number of nitrogens with one attached hydrogen (secondary N) is 2. The van der Waals surface area contributed by atoms with Gasteiger partial charge in [-0.1, -0.05) is 39.8 Å². The number of rotatable bonds is 8. The number of halogens is 1. The highest BCUT2D eigenvalue weighted by Gasteiger charge is 2.42. The molecule has 1 fully saturated rings. The van der Waals surface area contributed by atoms with Crippen LogP contribution in [-0.4, -0.2) is 41.9 Å². The average molecular weight is 435 g/mol. The van der Waals surface area contributed by atoms with Crippen LogP contribution >= 0.6 is 12.4 Å². The van der Waals surface area contributed by atoms with Gasteiger partial charge in [-0.15, -0.1) is 12.4 Å². The van der Waals surface area contributed by atoms with Gasteiger partial charge >= 0.3 is 0 Å². The minimum atomic E-state index is -0.612.